The van der Waals surface area contributed by atoms with E-state index in [-0.39, 0.29) is 5.91 Å². The lowest BCUT2D eigenvalue weighted by Crippen LogP contribution is -2.50. The number of benzene rings is 1. The molecular weight excluding hydrogens is 366 g/mol. The van der Waals surface area contributed by atoms with Crippen molar-refractivity contribution in [2.75, 3.05) is 6.54 Å². The molecule has 2 N–H and O–H groups in total. The maximum absolute atomic E-state index is 13.4. The number of primary amides is 1. The molecule has 1 aliphatic heterocycles. The van der Waals surface area contributed by atoms with E-state index in [2.05, 4.69) is 10.1 Å². The highest BCUT2D eigenvalue weighted by atomic mass is 16.2. The van der Waals surface area contributed by atoms with Crippen LogP contribution in [0.15, 0.2) is 61.1 Å². The van der Waals surface area contributed by atoms with Gasteiger partial charge in [0.1, 0.15) is 11.7 Å². The molecule has 2 aromatic heterocycles. The lowest BCUT2D eigenvalue weighted by molar-refractivity contribution is -0.123. The highest BCUT2D eigenvalue weighted by Gasteiger charge is 2.33. The molecule has 0 saturated carbocycles. The van der Waals surface area contributed by atoms with E-state index in [9.17, 15) is 9.59 Å². The van der Waals surface area contributed by atoms with Crippen LogP contribution in [0.1, 0.15) is 35.2 Å². The van der Waals surface area contributed by atoms with Crippen LogP contribution >= 0.6 is 0 Å². The van der Waals surface area contributed by atoms with Crippen LogP contribution in [0, 0.1) is 0 Å². The summed E-state index contributed by atoms with van der Waals surface area (Å²) in [7, 11) is 0. The van der Waals surface area contributed by atoms with Crippen molar-refractivity contribution in [1.29, 1.82) is 0 Å². The van der Waals surface area contributed by atoms with E-state index in [0.29, 0.717) is 30.8 Å². The van der Waals surface area contributed by atoms with Crippen molar-refractivity contribution in [3.05, 3.63) is 72.2 Å². The quantitative estimate of drug-likeness (QED) is 0.725. The second-order valence-corrected chi connectivity index (χ2v) is 7.23. The van der Waals surface area contributed by atoms with Crippen molar-refractivity contribution in [3.8, 4) is 11.3 Å². The zero-order chi connectivity index (χ0) is 20.2. The van der Waals surface area contributed by atoms with Gasteiger partial charge in [0.05, 0.1) is 12.1 Å². The van der Waals surface area contributed by atoms with E-state index >= 15 is 0 Å². The molecule has 0 radical (unpaired) electrons. The second-order valence-electron chi connectivity index (χ2n) is 7.23. The van der Waals surface area contributed by atoms with Gasteiger partial charge in [-0.05, 0) is 37.0 Å². The van der Waals surface area contributed by atoms with E-state index in [4.69, 9.17) is 5.73 Å². The maximum Gasteiger partial charge on any atom is 0.258 e. The minimum absolute atomic E-state index is 0.216. The molecule has 7 heteroatoms. The first-order valence-electron chi connectivity index (χ1n) is 9.75. The summed E-state index contributed by atoms with van der Waals surface area (Å²) in [6.07, 6.45) is 7.47. The predicted molar refractivity (Wildman–Crippen MR) is 109 cm³/mol. The molecule has 4 rings (SSSR count). The van der Waals surface area contributed by atoms with Gasteiger partial charge in [-0.15, -0.1) is 0 Å². The number of piperidine rings is 1. The van der Waals surface area contributed by atoms with Crippen LogP contribution in [-0.2, 0) is 11.3 Å². The summed E-state index contributed by atoms with van der Waals surface area (Å²) in [6, 6.07) is 13.0. The number of carbonyl (C=O) groups is 2. The van der Waals surface area contributed by atoms with Gasteiger partial charge in [-0.1, -0.05) is 30.3 Å². The molecule has 2 amide bonds. The van der Waals surface area contributed by atoms with Crippen LogP contribution in [0.25, 0.3) is 11.3 Å². The van der Waals surface area contributed by atoms with Gasteiger partial charge < -0.3 is 10.6 Å². The number of amides is 2. The average Bonchev–Trinajstić information content (AvgIpc) is 3.18. The number of hydrogen-bond donors (Lipinski definition) is 1. The molecule has 0 unspecified atom stereocenters. The van der Waals surface area contributed by atoms with Crippen LogP contribution in [-0.4, -0.2) is 44.1 Å². The van der Waals surface area contributed by atoms with Gasteiger partial charge in [0, 0.05) is 30.7 Å². The summed E-state index contributed by atoms with van der Waals surface area (Å²) in [4.78, 5) is 31.1. The third-order valence-electron chi connectivity index (χ3n) is 5.21. The Morgan fingerprint density at radius 2 is 1.93 bits per heavy atom. The van der Waals surface area contributed by atoms with Crippen LogP contribution < -0.4 is 5.73 Å². The summed E-state index contributed by atoms with van der Waals surface area (Å²) in [5, 5.41) is 4.67. The Morgan fingerprint density at radius 3 is 2.66 bits per heavy atom. The summed E-state index contributed by atoms with van der Waals surface area (Å²) in [5.74, 6) is -0.677. The summed E-state index contributed by atoms with van der Waals surface area (Å²) in [6.45, 7) is 1.06. The standard InChI is InChI=1S/C22H23N5O2/c23-21(28)19-10-4-5-12-27(19)22(29)18-15-26(14-16-7-2-1-3-8-16)25-20(18)17-9-6-11-24-13-17/h1-3,6-9,11,13,15,19H,4-5,10,12,14H2,(H2,23,28)/t19-/m1/s1. The van der Waals surface area contributed by atoms with Crippen LogP contribution in [0.4, 0.5) is 0 Å². The number of pyridine rings is 1. The van der Waals surface area contributed by atoms with Crippen LogP contribution in [0.3, 0.4) is 0 Å². The van der Waals surface area contributed by atoms with E-state index in [1.807, 2.05) is 42.5 Å². The molecule has 3 aromatic rings. The Balaban J connectivity index is 1.72. The number of likely N-dealkylation sites (tertiary alicyclic amines) is 1. The summed E-state index contributed by atoms with van der Waals surface area (Å²) < 4.78 is 1.76. The summed E-state index contributed by atoms with van der Waals surface area (Å²) in [5.41, 5.74) is 8.43. The SMILES string of the molecule is NC(=O)[C@H]1CCCCN1C(=O)c1cn(Cc2ccccc2)nc1-c1cccnc1. The van der Waals surface area contributed by atoms with Gasteiger partial charge in [-0.3, -0.25) is 19.3 Å². The minimum atomic E-state index is -0.574. The van der Waals surface area contributed by atoms with Gasteiger partial charge in [-0.25, -0.2) is 0 Å². The van der Waals surface area contributed by atoms with Gasteiger partial charge in [-0.2, -0.15) is 5.10 Å². The Bertz CT molecular complexity index is 1000. The number of aromatic nitrogens is 3. The average molecular weight is 389 g/mol. The molecule has 1 aliphatic rings. The Morgan fingerprint density at radius 1 is 1.10 bits per heavy atom. The van der Waals surface area contributed by atoms with Crippen LogP contribution in [0.5, 0.6) is 0 Å². The molecule has 148 valence electrons. The Hall–Kier alpha value is -3.48. The van der Waals surface area contributed by atoms with Crippen LogP contribution in [0.2, 0.25) is 0 Å². The molecule has 0 aliphatic carbocycles. The zero-order valence-corrected chi connectivity index (χ0v) is 16.1. The number of rotatable bonds is 5. The van der Waals surface area contributed by atoms with Crippen molar-refractivity contribution in [2.45, 2.75) is 31.8 Å². The number of nitrogens with two attached hydrogens (primary N) is 1. The van der Waals surface area contributed by atoms with Gasteiger partial charge in [0.15, 0.2) is 0 Å². The number of hydrogen-bond acceptors (Lipinski definition) is 4. The maximum atomic E-state index is 13.4. The molecule has 0 bridgehead atoms. The Labute approximate surface area is 169 Å². The third-order valence-corrected chi connectivity index (χ3v) is 5.21. The predicted octanol–water partition coefficient (Wildman–Crippen LogP) is 2.47. The lowest BCUT2D eigenvalue weighted by atomic mass is 10.00. The first-order valence-corrected chi connectivity index (χ1v) is 9.75. The van der Waals surface area contributed by atoms with Crippen molar-refractivity contribution < 1.29 is 9.59 Å². The minimum Gasteiger partial charge on any atom is -0.368 e. The molecule has 3 heterocycles. The molecule has 1 saturated heterocycles. The smallest absolute Gasteiger partial charge is 0.258 e. The first kappa shape index (κ1) is 18.9. The van der Waals surface area contributed by atoms with Crippen molar-refractivity contribution in [3.63, 3.8) is 0 Å². The monoisotopic (exact) mass is 389 g/mol. The molecule has 1 atom stereocenters. The molecule has 29 heavy (non-hydrogen) atoms. The zero-order valence-electron chi connectivity index (χ0n) is 16.1. The van der Waals surface area contributed by atoms with E-state index in [1.54, 1.807) is 28.2 Å². The molecule has 1 fully saturated rings. The fraction of sp³-hybridized carbons (Fsp3) is 0.273. The van der Waals surface area contributed by atoms with Crippen molar-refractivity contribution >= 4 is 11.8 Å². The number of carbonyl (C=O) groups excluding carboxylic acids is 2. The largest absolute Gasteiger partial charge is 0.368 e. The van der Waals surface area contributed by atoms with E-state index < -0.39 is 11.9 Å². The first-order chi connectivity index (χ1) is 14.1. The lowest BCUT2D eigenvalue weighted by Gasteiger charge is -2.33. The molecule has 0 spiro atoms. The van der Waals surface area contributed by atoms with Gasteiger partial charge in [0.2, 0.25) is 5.91 Å². The van der Waals surface area contributed by atoms with E-state index in [1.165, 1.54) is 0 Å². The summed E-state index contributed by atoms with van der Waals surface area (Å²) >= 11 is 0. The Kier molecular flexibility index (Phi) is 5.37. The normalized spacial score (nSPS) is 16.6. The fourth-order valence-electron chi connectivity index (χ4n) is 3.77. The van der Waals surface area contributed by atoms with Crippen molar-refractivity contribution in [2.24, 2.45) is 5.73 Å². The molecular formula is C22H23N5O2. The molecule has 7 nitrogen and oxygen atoms in total. The number of nitrogens with zero attached hydrogens (tertiary/aromatic N) is 4. The van der Waals surface area contributed by atoms with E-state index in [0.717, 1.165) is 24.0 Å². The van der Waals surface area contributed by atoms with Gasteiger partial charge in [0.25, 0.3) is 5.91 Å². The second kappa shape index (κ2) is 8.26. The third kappa shape index (κ3) is 4.03. The fourth-order valence-corrected chi connectivity index (χ4v) is 3.77. The highest BCUT2D eigenvalue weighted by Crippen LogP contribution is 2.26. The highest BCUT2D eigenvalue weighted by molar-refractivity contribution is 6.01. The van der Waals surface area contributed by atoms with Crippen molar-refractivity contribution in [1.82, 2.24) is 19.7 Å². The molecule has 1 aromatic carbocycles. The van der Waals surface area contributed by atoms with Gasteiger partial charge >= 0.3 is 0 Å². The topological polar surface area (TPSA) is 94.1 Å².